The van der Waals surface area contributed by atoms with Gasteiger partial charge in [0.2, 0.25) is 0 Å². The van der Waals surface area contributed by atoms with Crippen molar-refractivity contribution in [3.05, 3.63) is 243 Å². The third kappa shape index (κ3) is 11.0. The van der Waals surface area contributed by atoms with Crippen LogP contribution < -0.4 is 34.1 Å². The van der Waals surface area contributed by atoms with Crippen LogP contribution >= 0.6 is 0 Å². The van der Waals surface area contributed by atoms with Crippen molar-refractivity contribution in [2.75, 3.05) is 49.5 Å². The number of rotatable bonds is 12. The van der Waals surface area contributed by atoms with Gasteiger partial charge in [0, 0.05) is 86.8 Å². The van der Waals surface area contributed by atoms with Gasteiger partial charge in [-0.15, -0.1) is 64.3 Å². The Kier molecular flexibility index (Phi) is 16.3. The molecular formula is C63H52IrN8OPt-8. The molecule has 0 spiro atoms. The molecule has 377 valence electrons. The first-order valence-electron chi connectivity index (χ1n) is 24.3. The summed E-state index contributed by atoms with van der Waals surface area (Å²) in [5.41, 5.74) is 17.3. The molecule has 0 fully saturated rings. The Labute approximate surface area is 464 Å². The van der Waals surface area contributed by atoms with Crippen molar-refractivity contribution in [2.45, 2.75) is 33.6 Å². The van der Waals surface area contributed by atoms with Crippen molar-refractivity contribution in [1.82, 2.24) is 9.97 Å². The van der Waals surface area contributed by atoms with E-state index in [4.69, 9.17) is 4.74 Å². The van der Waals surface area contributed by atoms with Crippen molar-refractivity contribution in [3.8, 4) is 34.0 Å². The summed E-state index contributed by atoms with van der Waals surface area (Å²) in [4.78, 5) is 22.2. The van der Waals surface area contributed by atoms with Gasteiger partial charge in [0.25, 0.3) is 0 Å². The standard InChI is InChI=1S/C33H26N4O.C30H26N4.Ir.Pt/c1-22-15-23(2)33(24(3)16-22)25-17-26(37-21-36(4)31-10-5-6-11-32(31)37)19-28(18-25)38-27-12-14-35-30(20-27)29-9-7-8-13-34-29;1-3-13-25(14-4-1)33-23-31(27-17-7-9-19-29(27)33)21-11-12-22-32-24-34(26-15-5-2-6-16-26)30-20-10-8-18-28(30)32;;/h5-8,10-18,21H,1-4H3;1-10,13,15,17-20,23-24H,11-12,21-22H2;;/q2*-4;;. The van der Waals surface area contributed by atoms with E-state index in [1.54, 1.807) is 18.5 Å². The number of hydrogen-bond acceptors (Lipinski definition) is 9. The summed E-state index contributed by atoms with van der Waals surface area (Å²) in [5.74, 6) is 1.13. The molecule has 0 N–H and O–H groups in total. The molecule has 3 aliphatic rings. The summed E-state index contributed by atoms with van der Waals surface area (Å²) in [5, 5.41) is 0. The maximum atomic E-state index is 6.37. The molecule has 0 atom stereocenters. The normalized spacial score (nSPS) is 13.1. The van der Waals surface area contributed by atoms with Crippen LogP contribution in [0.2, 0.25) is 0 Å². The fourth-order valence-electron chi connectivity index (χ4n) is 9.79. The molecule has 5 heterocycles. The number of fused-ring (bicyclic) bond motifs is 3. The molecule has 0 amide bonds. The van der Waals surface area contributed by atoms with Gasteiger partial charge in [-0.3, -0.25) is 0 Å². The van der Waals surface area contributed by atoms with Gasteiger partial charge in [0.1, 0.15) is 0 Å². The molecule has 2 aromatic heterocycles. The van der Waals surface area contributed by atoms with Crippen molar-refractivity contribution in [1.29, 1.82) is 0 Å². The molecule has 0 unspecified atom stereocenters. The maximum Gasteiger partial charge on any atom is 0.0326 e. The minimum Gasteiger partial charge on any atom is -0.510 e. The average Bonchev–Trinajstić information content (AvgIpc) is 4.09. The third-order valence-electron chi connectivity index (χ3n) is 13.0. The van der Waals surface area contributed by atoms with Crippen LogP contribution in [0.15, 0.2) is 176 Å². The van der Waals surface area contributed by atoms with E-state index in [0.29, 0.717) is 22.9 Å². The second-order valence-corrected chi connectivity index (χ2v) is 18.0. The Morgan fingerprint density at radius 1 is 0.486 bits per heavy atom. The molecular weight excluding hydrogens is 1270 g/mol. The maximum absolute atomic E-state index is 6.37. The minimum absolute atomic E-state index is 0. The molecule has 0 bridgehead atoms. The molecule has 0 aliphatic carbocycles. The first-order chi connectivity index (χ1) is 35.3. The van der Waals surface area contributed by atoms with Gasteiger partial charge >= 0.3 is 0 Å². The van der Waals surface area contributed by atoms with Gasteiger partial charge in [-0.1, -0.05) is 54.1 Å². The topological polar surface area (TPSA) is 54.5 Å². The van der Waals surface area contributed by atoms with Crippen LogP contribution in [0, 0.1) is 71.1 Å². The molecule has 9 aromatic rings. The van der Waals surface area contributed by atoms with Gasteiger partial charge in [0.15, 0.2) is 0 Å². The number of hydrogen-bond donors (Lipinski definition) is 0. The van der Waals surface area contributed by atoms with Crippen LogP contribution in [0.4, 0.5) is 51.2 Å². The number of nitrogens with zero attached hydrogens (tertiary/aromatic N) is 8. The second-order valence-electron chi connectivity index (χ2n) is 18.0. The Hall–Kier alpha value is -7.22. The van der Waals surface area contributed by atoms with E-state index in [-0.39, 0.29) is 41.2 Å². The van der Waals surface area contributed by atoms with Crippen molar-refractivity contribution in [2.24, 2.45) is 0 Å². The molecule has 0 saturated carbocycles. The smallest absolute Gasteiger partial charge is 0.0326 e. The van der Waals surface area contributed by atoms with E-state index < -0.39 is 0 Å². The molecule has 3 aliphatic heterocycles. The number of aromatic nitrogens is 2. The predicted octanol–water partition coefficient (Wildman–Crippen LogP) is 14.6. The average molecular weight is 1320 g/mol. The molecule has 1 radical (unpaired) electrons. The quantitative estimate of drug-likeness (QED) is 0.0879. The Morgan fingerprint density at radius 3 is 1.55 bits per heavy atom. The fraction of sp³-hybridized carbons (Fsp3) is 0.127. The Bertz CT molecular complexity index is 3200. The summed E-state index contributed by atoms with van der Waals surface area (Å²) in [6, 6.07) is 72.4. The number of benzene rings is 7. The number of para-hydroxylation sites is 8. The van der Waals surface area contributed by atoms with Crippen LogP contribution in [-0.4, -0.2) is 30.1 Å². The molecule has 74 heavy (non-hydrogen) atoms. The first kappa shape index (κ1) is 51.7. The third-order valence-corrected chi connectivity index (χ3v) is 13.0. The molecule has 11 heteroatoms. The summed E-state index contributed by atoms with van der Waals surface area (Å²) < 4.78 is 6.37. The van der Waals surface area contributed by atoms with E-state index in [0.717, 1.165) is 59.9 Å². The number of ether oxygens (including phenoxy) is 1. The number of anilines is 9. The zero-order chi connectivity index (χ0) is 49.0. The summed E-state index contributed by atoms with van der Waals surface area (Å²) in [6.07, 6.45) is 5.61. The molecule has 7 aromatic carbocycles. The van der Waals surface area contributed by atoms with Crippen LogP contribution in [-0.2, 0) is 41.2 Å². The van der Waals surface area contributed by atoms with E-state index in [9.17, 15) is 0 Å². The summed E-state index contributed by atoms with van der Waals surface area (Å²) in [7, 11) is 2.05. The predicted molar refractivity (Wildman–Crippen MR) is 292 cm³/mol. The van der Waals surface area contributed by atoms with Crippen molar-refractivity contribution in [3.63, 3.8) is 0 Å². The van der Waals surface area contributed by atoms with Crippen LogP contribution in [0.3, 0.4) is 0 Å². The summed E-state index contributed by atoms with van der Waals surface area (Å²) in [6.45, 7) is 14.9. The van der Waals surface area contributed by atoms with Gasteiger partial charge in [0.05, 0.1) is 0 Å². The molecule has 0 saturated heterocycles. The van der Waals surface area contributed by atoms with E-state index in [1.165, 1.54) is 45.0 Å². The molecule has 9 nitrogen and oxygen atoms in total. The van der Waals surface area contributed by atoms with E-state index in [1.807, 2.05) is 42.5 Å². The van der Waals surface area contributed by atoms with Crippen LogP contribution in [0.25, 0.3) is 22.5 Å². The zero-order valence-corrected chi connectivity index (χ0v) is 46.1. The SMILES string of the molecule is Cc1cc(C)c(-c2cc(Oc3[c-]c(-c4[c-]cccn4)ncc3)[c-]c(N3[CH-]N(C)c4ccccc43)c2)c(C)c1.[Ir].[Pt].[c-]1ccccc1N1[CH-]N(CCCCN2[CH-]N(c3[c-]cccc3)c3ccccc32)c2ccccc21. The van der Waals surface area contributed by atoms with E-state index in [2.05, 4.69) is 233 Å². The number of unbranched alkanes of at least 4 members (excludes halogenated alkanes) is 1. The Morgan fingerprint density at radius 2 is 1.00 bits per heavy atom. The van der Waals surface area contributed by atoms with Gasteiger partial charge in [-0.2, -0.15) is 92.8 Å². The minimum atomic E-state index is 0. The fourth-order valence-corrected chi connectivity index (χ4v) is 9.79. The first-order valence-corrected chi connectivity index (χ1v) is 24.3. The van der Waals surface area contributed by atoms with Crippen LogP contribution in [0.5, 0.6) is 11.5 Å². The van der Waals surface area contributed by atoms with Gasteiger partial charge < -0.3 is 44.1 Å². The van der Waals surface area contributed by atoms with Gasteiger partial charge in [-0.05, 0) is 119 Å². The Balaban J connectivity index is 0.000000178. The van der Waals surface area contributed by atoms with Crippen molar-refractivity contribution < 1.29 is 45.9 Å². The second kappa shape index (κ2) is 23.3. The molecule has 12 rings (SSSR count). The van der Waals surface area contributed by atoms with Crippen molar-refractivity contribution >= 4 is 51.2 Å². The monoisotopic (exact) mass is 1320 g/mol. The largest absolute Gasteiger partial charge is 0.510 e. The van der Waals surface area contributed by atoms with E-state index >= 15 is 0 Å². The summed E-state index contributed by atoms with van der Waals surface area (Å²) >= 11 is 0. The zero-order valence-electron chi connectivity index (χ0n) is 41.4. The van der Waals surface area contributed by atoms with Gasteiger partial charge in [-0.25, -0.2) is 6.07 Å². The number of aryl methyl sites for hydroxylation is 3. The van der Waals surface area contributed by atoms with Crippen LogP contribution in [0.1, 0.15) is 29.5 Å². The number of pyridine rings is 2.